The Balaban J connectivity index is 1.33. The maximum Gasteiger partial charge on any atom is 0.275 e. The summed E-state index contributed by atoms with van der Waals surface area (Å²) in [4.78, 5) is 19.6. The molecular weight excluding hydrogens is 402 g/mol. The van der Waals surface area contributed by atoms with E-state index in [4.69, 9.17) is 4.74 Å². The van der Waals surface area contributed by atoms with Gasteiger partial charge in [0.05, 0.1) is 23.1 Å². The standard InChI is InChI=1S/C25H25N5O2/c1-28-23-12-19(5-6-21(23)22-15-29-10-7-17(8-11-29)25(22)28)30-24(31)13-20(14-27-30)32-16-18-4-2-3-9-26-18/h2-6,9,12-14,17H,7-8,10-11,15-16H2,1H3. The average Bonchev–Trinajstić information content (AvgIpc) is 2.97. The number of fused-ring (bicyclic) bond motifs is 3. The van der Waals surface area contributed by atoms with Gasteiger partial charge >= 0.3 is 0 Å². The van der Waals surface area contributed by atoms with Crippen LogP contribution in [0.1, 0.15) is 35.7 Å². The fourth-order valence-electron chi connectivity index (χ4n) is 5.23. The van der Waals surface area contributed by atoms with Crippen molar-refractivity contribution in [2.45, 2.75) is 31.9 Å². The van der Waals surface area contributed by atoms with E-state index in [1.54, 1.807) is 12.4 Å². The highest BCUT2D eigenvalue weighted by Crippen LogP contribution is 2.40. The molecule has 0 atom stereocenters. The number of aryl methyl sites for hydroxylation is 1. The second-order valence-electron chi connectivity index (χ2n) is 8.73. The molecule has 0 radical (unpaired) electrons. The predicted octanol–water partition coefficient (Wildman–Crippen LogP) is 3.39. The van der Waals surface area contributed by atoms with E-state index in [2.05, 4.69) is 38.7 Å². The molecule has 0 aliphatic carbocycles. The lowest BCUT2D eigenvalue weighted by Gasteiger charge is -2.27. The van der Waals surface area contributed by atoms with E-state index in [1.807, 2.05) is 24.3 Å². The third-order valence-corrected chi connectivity index (χ3v) is 6.83. The van der Waals surface area contributed by atoms with Crippen molar-refractivity contribution in [1.29, 1.82) is 0 Å². The quantitative estimate of drug-likeness (QED) is 0.500. The number of hydrogen-bond donors (Lipinski definition) is 0. The topological polar surface area (TPSA) is 65.2 Å². The summed E-state index contributed by atoms with van der Waals surface area (Å²) in [6.45, 7) is 3.69. The molecule has 7 nitrogen and oxygen atoms in total. The van der Waals surface area contributed by atoms with Crippen molar-refractivity contribution in [3.8, 4) is 11.4 Å². The molecule has 7 rings (SSSR count). The van der Waals surface area contributed by atoms with Gasteiger partial charge in [0.25, 0.3) is 5.56 Å². The fourth-order valence-corrected chi connectivity index (χ4v) is 5.23. The van der Waals surface area contributed by atoms with Crippen LogP contribution in [-0.2, 0) is 20.2 Å². The lowest BCUT2D eigenvalue weighted by atomic mass is 9.94. The highest BCUT2D eigenvalue weighted by Gasteiger charge is 2.31. The van der Waals surface area contributed by atoms with Gasteiger partial charge in [0.2, 0.25) is 0 Å². The van der Waals surface area contributed by atoms with Crippen molar-refractivity contribution in [1.82, 2.24) is 24.2 Å². The van der Waals surface area contributed by atoms with Crippen LogP contribution in [0.25, 0.3) is 16.6 Å². The van der Waals surface area contributed by atoms with Gasteiger partial charge in [-0.3, -0.25) is 14.7 Å². The number of rotatable bonds is 4. The predicted molar refractivity (Wildman–Crippen MR) is 122 cm³/mol. The second-order valence-corrected chi connectivity index (χ2v) is 8.73. The molecule has 3 aromatic heterocycles. The summed E-state index contributed by atoms with van der Waals surface area (Å²) in [5.74, 6) is 1.06. The van der Waals surface area contributed by atoms with Crippen LogP contribution in [-0.4, -0.2) is 37.3 Å². The number of ether oxygens (including phenoxy) is 1. The van der Waals surface area contributed by atoms with Crippen LogP contribution in [0.4, 0.5) is 0 Å². The van der Waals surface area contributed by atoms with Crippen molar-refractivity contribution in [2.75, 3.05) is 13.1 Å². The number of piperidine rings is 1. The van der Waals surface area contributed by atoms with Crippen LogP contribution in [0, 0.1) is 0 Å². The first-order valence-electron chi connectivity index (χ1n) is 11.1. The van der Waals surface area contributed by atoms with Crippen LogP contribution >= 0.6 is 0 Å². The first-order chi connectivity index (χ1) is 15.7. The second kappa shape index (κ2) is 7.60. The van der Waals surface area contributed by atoms with Crippen molar-refractivity contribution < 1.29 is 4.74 Å². The molecule has 0 unspecified atom stereocenters. The molecule has 1 saturated heterocycles. The van der Waals surface area contributed by atoms with Crippen LogP contribution in [0.3, 0.4) is 0 Å². The Bertz CT molecular complexity index is 1350. The molecule has 0 amide bonds. The van der Waals surface area contributed by atoms with E-state index in [-0.39, 0.29) is 5.56 Å². The molecule has 1 aromatic carbocycles. The smallest absolute Gasteiger partial charge is 0.275 e. The van der Waals surface area contributed by atoms with Gasteiger partial charge in [0, 0.05) is 42.9 Å². The summed E-state index contributed by atoms with van der Waals surface area (Å²) in [7, 11) is 2.16. The van der Waals surface area contributed by atoms with E-state index < -0.39 is 0 Å². The Labute approximate surface area is 185 Å². The number of nitrogens with zero attached hydrogens (tertiary/aromatic N) is 5. The molecule has 32 heavy (non-hydrogen) atoms. The summed E-state index contributed by atoms with van der Waals surface area (Å²) >= 11 is 0. The molecule has 7 heteroatoms. The molecule has 1 fully saturated rings. The number of hydrogen-bond acceptors (Lipinski definition) is 5. The zero-order valence-electron chi connectivity index (χ0n) is 18.1. The highest BCUT2D eigenvalue weighted by atomic mass is 16.5. The summed E-state index contributed by atoms with van der Waals surface area (Å²) in [5.41, 5.74) is 5.42. The van der Waals surface area contributed by atoms with Crippen LogP contribution in [0.2, 0.25) is 0 Å². The minimum Gasteiger partial charge on any atom is -0.485 e. The summed E-state index contributed by atoms with van der Waals surface area (Å²) in [6, 6.07) is 13.3. The summed E-state index contributed by atoms with van der Waals surface area (Å²) in [5, 5.41) is 5.66. The van der Waals surface area contributed by atoms with Crippen molar-refractivity contribution in [3.63, 3.8) is 0 Å². The van der Waals surface area contributed by atoms with Crippen molar-refractivity contribution in [2.24, 2.45) is 7.05 Å². The van der Waals surface area contributed by atoms with E-state index in [9.17, 15) is 4.79 Å². The molecule has 2 bridgehead atoms. The Kier molecular flexibility index (Phi) is 4.57. The fraction of sp³-hybridized carbons (Fsp3) is 0.320. The SMILES string of the molecule is Cn1c2c(c3ccc(-n4ncc(OCc5ccccn5)cc4=O)cc31)CN1CCC2CC1. The van der Waals surface area contributed by atoms with Gasteiger partial charge in [-0.1, -0.05) is 12.1 Å². The molecule has 6 heterocycles. The molecular formula is C25H25N5O2. The third-order valence-electron chi connectivity index (χ3n) is 6.83. The van der Waals surface area contributed by atoms with Crippen molar-refractivity contribution >= 4 is 10.9 Å². The van der Waals surface area contributed by atoms with E-state index in [0.29, 0.717) is 18.3 Å². The van der Waals surface area contributed by atoms with Crippen LogP contribution in [0.15, 0.2) is 59.7 Å². The van der Waals surface area contributed by atoms with Crippen LogP contribution in [0.5, 0.6) is 5.75 Å². The average molecular weight is 428 g/mol. The Hall–Kier alpha value is -3.45. The molecule has 0 N–H and O–H groups in total. The number of benzene rings is 1. The molecule has 0 saturated carbocycles. The Morgan fingerprint density at radius 3 is 2.78 bits per heavy atom. The van der Waals surface area contributed by atoms with Crippen LogP contribution < -0.4 is 10.3 Å². The van der Waals surface area contributed by atoms with Crippen molar-refractivity contribution in [3.05, 3.63) is 82.2 Å². The van der Waals surface area contributed by atoms with E-state index in [1.165, 1.54) is 53.3 Å². The van der Waals surface area contributed by atoms with Gasteiger partial charge in [0.15, 0.2) is 0 Å². The first-order valence-corrected chi connectivity index (χ1v) is 11.1. The normalized spacial score (nSPS) is 19.7. The van der Waals surface area contributed by atoms with E-state index in [0.717, 1.165) is 23.4 Å². The monoisotopic (exact) mass is 427 g/mol. The summed E-state index contributed by atoms with van der Waals surface area (Å²) < 4.78 is 9.47. The molecule has 0 spiro atoms. The molecule has 3 aliphatic rings. The van der Waals surface area contributed by atoms with E-state index >= 15 is 0 Å². The minimum absolute atomic E-state index is 0.219. The Morgan fingerprint density at radius 1 is 1.12 bits per heavy atom. The van der Waals surface area contributed by atoms with Gasteiger partial charge in [-0.2, -0.15) is 9.78 Å². The molecule has 4 aromatic rings. The largest absolute Gasteiger partial charge is 0.485 e. The number of aromatic nitrogens is 4. The lowest BCUT2D eigenvalue weighted by Crippen LogP contribution is -2.29. The number of pyridine rings is 1. The Morgan fingerprint density at radius 2 is 2.00 bits per heavy atom. The van der Waals surface area contributed by atoms with Gasteiger partial charge in [-0.05, 0) is 55.8 Å². The molecule has 3 aliphatic heterocycles. The minimum atomic E-state index is -0.219. The molecule has 162 valence electrons. The highest BCUT2D eigenvalue weighted by molar-refractivity contribution is 5.87. The maximum absolute atomic E-state index is 12.8. The van der Waals surface area contributed by atoms with Gasteiger partial charge in [-0.15, -0.1) is 0 Å². The first kappa shape index (κ1) is 19.3. The zero-order valence-corrected chi connectivity index (χ0v) is 18.1. The lowest BCUT2D eigenvalue weighted by molar-refractivity contribution is 0.220. The maximum atomic E-state index is 12.8. The van der Waals surface area contributed by atoms with Gasteiger partial charge in [0.1, 0.15) is 12.4 Å². The van der Waals surface area contributed by atoms with Gasteiger partial charge in [-0.25, -0.2) is 0 Å². The van der Waals surface area contributed by atoms with Gasteiger partial charge < -0.3 is 9.30 Å². The summed E-state index contributed by atoms with van der Waals surface area (Å²) in [6.07, 6.45) is 5.76. The zero-order chi connectivity index (χ0) is 21.7. The third kappa shape index (κ3) is 3.20.